The minimum absolute atomic E-state index is 0.0687. The first-order valence-electron chi connectivity index (χ1n) is 2.73. The molecule has 0 spiro atoms. The standard InChI is InChI=1S/C6H8O4S/c1-3-4-5(2)6(7)10-11(8)9/h3,11H,1-2,4H2. The Bertz CT molecular complexity index is 243. The lowest BCUT2D eigenvalue weighted by atomic mass is 10.2. The third-order valence-corrected chi connectivity index (χ3v) is 1.15. The largest absolute Gasteiger partial charge is 0.349 e. The van der Waals surface area contributed by atoms with E-state index in [4.69, 9.17) is 0 Å². The van der Waals surface area contributed by atoms with E-state index in [0.29, 0.717) is 0 Å². The molecule has 0 unspecified atom stereocenters. The predicted molar refractivity (Wildman–Crippen MR) is 40.4 cm³/mol. The Kier molecular flexibility index (Phi) is 4.21. The van der Waals surface area contributed by atoms with Gasteiger partial charge in [-0.05, 0) is 6.42 Å². The van der Waals surface area contributed by atoms with E-state index < -0.39 is 17.0 Å². The van der Waals surface area contributed by atoms with E-state index >= 15 is 0 Å². The van der Waals surface area contributed by atoms with Crippen molar-refractivity contribution in [3.63, 3.8) is 0 Å². The Balaban J connectivity index is 4.03. The number of carbonyl (C=O) groups excluding carboxylic acids is 1. The minimum atomic E-state index is -3.13. The van der Waals surface area contributed by atoms with Crippen LogP contribution < -0.4 is 0 Å². The molecule has 0 aromatic carbocycles. The first-order valence-corrected chi connectivity index (χ1v) is 3.83. The van der Waals surface area contributed by atoms with E-state index in [2.05, 4.69) is 17.3 Å². The number of allylic oxidation sites excluding steroid dienone is 1. The van der Waals surface area contributed by atoms with E-state index in [1.165, 1.54) is 6.08 Å². The maximum absolute atomic E-state index is 10.6. The van der Waals surface area contributed by atoms with Crippen LogP contribution in [0.2, 0.25) is 0 Å². The molecular weight excluding hydrogens is 168 g/mol. The second-order valence-corrected chi connectivity index (χ2v) is 2.33. The molecule has 0 saturated carbocycles. The summed E-state index contributed by atoms with van der Waals surface area (Å²) in [5.41, 5.74) is 0.0687. The van der Waals surface area contributed by atoms with Gasteiger partial charge in [0.2, 0.25) is 0 Å². The summed E-state index contributed by atoms with van der Waals surface area (Å²) in [7, 11) is -3.13. The van der Waals surface area contributed by atoms with Gasteiger partial charge in [-0.25, -0.2) is 4.79 Å². The Hall–Kier alpha value is -1.10. The Labute approximate surface area is 66.3 Å². The van der Waals surface area contributed by atoms with Crippen molar-refractivity contribution < 1.29 is 17.4 Å². The molecule has 0 aliphatic carbocycles. The molecule has 0 amide bonds. The molecule has 0 radical (unpaired) electrons. The van der Waals surface area contributed by atoms with Crippen molar-refractivity contribution in [3.05, 3.63) is 24.8 Å². The maximum Gasteiger partial charge on any atom is 0.349 e. The predicted octanol–water partition coefficient (Wildman–Crippen LogP) is 0.188. The van der Waals surface area contributed by atoms with Gasteiger partial charge >= 0.3 is 17.0 Å². The molecule has 0 aliphatic rings. The molecule has 0 fully saturated rings. The van der Waals surface area contributed by atoms with E-state index in [1.807, 2.05) is 0 Å². The summed E-state index contributed by atoms with van der Waals surface area (Å²) in [6.07, 6.45) is 1.66. The minimum Gasteiger partial charge on any atom is -0.343 e. The van der Waals surface area contributed by atoms with Gasteiger partial charge in [-0.3, -0.25) is 0 Å². The number of hydrogen-bond donors (Lipinski definition) is 1. The zero-order valence-corrected chi connectivity index (χ0v) is 6.67. The highest BCUT2D eigenvalue weighted by molar-refractivity contribution is 7.67. The topological polar surface area (TPSA) is 60.4 Å². The second-order valence-electron chi connectivity index (χ2n) is 1.70. The first kappa shape index (κ1) is 9.90. The van der Waals surface area contributed by atoms with Crippen LogP contribution in [0, 0.1) is 0 Å². The van der Waals surface area contributed by atoms with Crippen molar-refractivity contribution in [2.24, 2.45) is 0 Å². The fourth-order valence-electron chi connectivity index (χ4n) is 0.390. The van der Waals surface area contributed by atoms with Gasteiger partial charge in [-0.1, -0.05) is 12.7 Å². The van der Waals surface area contributed by atoms with Crippen LogP contribution in [-0.4, -0.2) is 14.4 Å². The van der Waals surface area contributed by atoms with Crippen LogP contribution in [-0.2, 0) is 20.0 Å². The van der Waals surface area contributed by atoms with Gasteiger partial charge in [0.05, 0.1) is 0 Å². The summed E-state index contributed by atoms with van der Waals surface area (Å²) < 4.78 is 23.5. The lowest BCUT2D eigenvalue weighted by molar-refractivity contribution is -0.129. The SMILES string of the molecule is C=CCC(=C)C(=O)O[SH](=O)=O. The lowest BCUT2D eigenvalue weighted by Gasteiger charge is -1.95. The average molecular weight is 176 g/mol. The summed E-state index contributed by atoms with van der Waals surface area (Å²) in [5, 5.41) is 0. The summed E-state index contributed by atoms with van der Waals surface area (Å²) in [6.45, 7) is 6.63. The zero-order valence-electron chi connectivity index (χ0n) is 5.78. The molecule has 0 atom stereocenters. The van der Waals surface area contributed by atoms with Crippen LogP contribution in [0.15, 0.2) is 24.8 Å². The lowest BCUT2D eigenvalue weighted by Crippen LogP contribution is -2.04. The summed E-state index contributed by atoms with van der Waals surface area (Å²) in [5.74, 6) is -0.930. The Morgan fingerprint density at radius 3 is 2.45 bits per heavy atom. The smallest absolute Gasteiger partial charge is 0.343 e. The fraction of sp³-hybridized carbons (Fsp3) is 0.167. The van der Waals surface area contributed by atoms with Crippen LogP contribution in [0.1, 0.15) is 6.42 Å². The van der Waals surface area contributed by atoms with Crippen molar-refractivity contribution >= 4 is 17.0 Å². The maximum atomic E-state index is 10.6. The molecule has 0 heterocycles. The molecule has 4 nitrogen and oxygen atoms in total. The van der Waals surface area contributed by atoms with E-state index in [0.717, 1.165) is 0 Å². The molecule has 11 heavy (non-hydrogen) atoms. The van der Waals surface area contributed by atoms with E-state index in [9.17, 15) is 13.2 Å². The number of thiol groups is 1. The molecular formula is C6H8O4S. The van der Waals surface area contributed by atoms with Gasteiger partial charge < -0.3 is 4.18 Å². The van der Waals surface area contributed by atoms with Gasteiger partial charge in [-0.2, -0.15) is 8.42 Å². The third-order valence-electron chi connectivity index (χ3n) is 0.837. The van der Waals surface area contributed by atoms with Gasteiger partial charge in [0, 0.05) is 5.57 Å². The monoisotopic (exact) mass is 176 g/mol. The zero-order chi connectivity index (χ0) is 8.85. The molecule has 62 valence electrons. The highest BCUT2D eigenvalue weighted by Gasteiger charge is 2.06. The summed E-state index contributed by atoms with van der Waals surface area (Å²) in [6, 6.07) is 0. The summed E-state index contributed by atoms with van der Waals surface area (Å²) >= 11 is 0. The molecule has 0 N–H and O–H groups in total. The van der Waals surface area contributed by atoms with E-state index in [1.54, 1.807) is 0 Å². The number of rotatable bonds is 4. The third kappa shape index (κ3) is 4.32. The highest BCUT2D eigenvalue weighted by atomic mass is 32.2. The number of carbonyl (C=O) groups is 1. The number of hydrogen-bond acceptors (Lipinski definition) is 4. The quantitative estimate of drug-likeness (QED) is 0.377. The Morgan fingerprint density at radius 1 is 1.55 bits per heavy atom. The van der Waals surface area contributed by atoms with Crippen molar-refractivity contribution in [3.8, 4) is 0 Å². The molecule has 5 heteroatoms. The molecule has 0 rings (SSSR count). The van der Waals surface area contributed by atoms with Gasteiger partial charge in [0.1, 0.15) is 0 Å². The molecule has 0 bridgehead atoms. The van der Waals surface area contributed by atoms with Crippen molar-refractivity contribution in [2.75, 3.05) is 0 Å². The van der Waals surface area contributed by atoms with Gasteiger partial charge in [0.15, 0.2) is 0 Å². The highest BCUT2D eigenvalue weighted by Crippen LogP contribution is 2.00. The second kappa shape index (κ2) is 4.68. The van der Waals surface area contributed by atoms with Crippen LogP contribution in [0.3, 0.4) is 0 Å². The molecule has 0 aromatic rings. The molecule has 0 aromatic heterocycles. The van der Waals surface area contributed by atoms with Crippen molar-refractivity contribution in [1.29, 1.82) is 0 Å². The van der Waals surface area contributed by atoms with Crippen LogP contribution in [0.25, 0.3) is 0 Å². The van der Waals surface area contributed by atoms with E-state index in [-0.39, 0.29) is 12.0 Å². The van der Waals surface area contributed by atoms with Crippen molar-refractivity contribution in [2.45, 2.75) is 6.42 Å². The van der Waals surface area contributed by atoms with Crippen LogP contribution in [0.4, 0.5) is 0 Å². The van der Waals surface area contributed by atoms with Gasteiger partial charge in [0.25, 0.3) is 0 Å². The Morgan fingerprint density at radius 2 is 2.09 bits per heavy atom. The fourth-order valence-corrected chi connectivity index (χ4v) is 0.654. The summed E-state index contributed by atoms with van der Waals surface area (Å²) in [4.78, 5) is 10.6. The van der Waals surface area contributed by atoms with Crippen LogP contribution >= 0.6 is 0 Å². The normalized spacial score (nSPS) is 9.18. The molecule has 0 aliphatic heterocycles. The first-order chi connectivity index (χ1) is 5.07. The molecule has 0 saturated heterocycles. The average Bonchev–Trinajstić information content (AvgIpc) is 1.86. The van der Waals surface area contributed by atoms with Crippen molar-refractivity contribution in [1.82, 2.24) is 0 Å². The van der Waals surface area contributed by atoms with Crippen LogP contribution in [0.5, 0.6) is 0 Å². The van der Waals surface area contributed by atoms with Gasteiger partial charge in [-0.15, -0.1) is 6.58 Å².